The predicted molar refractivity (Wildman–Crippen MR) is 75.4 cm³/mol. The lowest BCUT2D eigenvalue weighted by atomic mass is 10.2. The molecule has 0 amide bonds. The average Bonchev–Trinajstić information content (AvgIpc) is 2.83. The molecule has 8 nitrogen and oxygen atoms in total. The number of hydrogen-bond donors (Lipinski definition) is 2. The van der Waals surface area contributed by atoms with E-state index in [2.05, 4.69) is 5.32 Å². The topological polar surface area (TPSA) is 113 Å². The molecule has 2 N–H and O–H groups in total. The number of benzene rings is 1. The van der Waals surface area contributed by atoms with Gasteiger partial charge < -0.3 is 10.4 Å². The van der Waals surface area contributed by atoms with Crippen molar-refractivity contribution in [3.63, 3.8) is 0 Å². The summed E-state index contributed by atoms with van der Waals surface area (Å²) >= 11 is 0. The third kappa shape index (κ3) is 2.91. The van der Waals surface area contributed by atoms with E-state index < -0.39 is 27.1 Å². The number of β-amino-alcohol motifs (C(OH)–C–C–N with tert-alkyl or cyclic N) is 1. The molecule has 0 saturated carbocycles. The highest BCUT2D eigenvalue weighted by atomic mass is 32.2. The molecule has 2 rings (SSSR count). The lowest BCUT2D eigenvalue weighted by molar-refractivity contribution is -0.385. The average molecular weight is 315 g/mol. The van der Waals surface area contributed by atoms with E-state index in [0.717, 1.165) is 10.4 Å². The molecule has 1 fully saturated rings. The molecule has 1 aliphatic rings. The first-order chi connectivity index (χ1) is 9.75. The first-order valence-corrected chi connectivity index (χ1v) is 7.81. The van der Waals surface area contributed by atoms with Gasteiger partial charge in [0.05, 0.1) is 22.0 Å². The van der Waals surface area contributed by atoms with Crippen molar-refractivity contribution in [1.82, 2.24) is 9.62 Å². The highest BCUT2D eigenvalue weighted by molar-refractivity contribution is 7.89. The Hall–Kier alpha value is -1.55. The monoisotopic (exact) mass is 315 g/mol. The number of aliphatic hydroxyl groups is 1. The van der Waals surface area contributed by atoms with E-state index in [9.17, 15) is 23.6 Å². The summed E-state index contributed by atoms with van der Waals surface area (Å²) in [7, 11) is -2.42. The molecule has 2 atom stereocenters. The number of aryl methyl sites for hydroxylation is 1. The second-order valence-corrected chi connectivity index (χ2v) is 6.99. The van der Waals surface area contributed by atoms with Crippen LogP contribution in [0.4, 0.5) is 5.69 Å². The van der Waals surface area contributed by atoms with Crippen LogP contribution in [0.3, 0.4) is 0 Å². The minimum absolute atomic E-state index is 0.00898. The van der Waals surface area contributed by atoms with Crippen molar-refractivity contribution in [2.24, 2.45) is 0 Å². The quantitative estimate of drug-likeness (QED) is 0.590. The maximum absolute atomic E-state index is 12.6. The molecule has 0 bridgehead atoms. The predicted octanol–water partition coefficient (Wildman–Crippen LogP) is -0.144. The summed E-state index contributed by atoms with van der Waals surface area (Å²) in [5.74, 6) is 0. The zero-order valence-corrected chi connectivity index (χ0v) is 12.5. The van der Waals surface area contributed by atoms with E-state index in [4.69, 9.17) is 0 Å². The van der Waals surface area contributed by atoms with Gasteiger partial charge in [-0.05, 0) is 18.6 Å². The van der Waals surface area contributed by atoms with Crippen LogP contribution in [0.15, 0.2) is 23.1 Å². The number of nitro groups is 1. The summed E-state index contributed by atoms with van der Waals surface area (Å²) in [5, 5.41) is 23.4. The zero-order valence-electron chi connectivity index (χ0n) is 11.7. The number of likely N-dealkylation sites (N-methyl/N-ethyl adjacent to an activating group) is 1. The SMILES string of the molecule is Cc1cc([N+](=O)[O-])ccc1S(=O)(=O)N(C)[C@@H]1CNC[C@H]1O. The second-order valence-electron chi connectivity index (χ2n) is 5.02. The fraction of sp³-hybridized carbons (Fsp3) is 0.500. The highest BCUT2D eigenvalue weighted by Crippen LogP contribution is 2.25. The third-order valence-corrected chi connectivity index (χ3v) is 5.69. The van der Waals surface area contributed by atoms with Crippen molar-refractivity contribution < 1.29 is 18.4 Å². The standard InChI is InChI=1S/C12H17N3O5S/c1-8-5-9(15(17)18)3-4-12(8)21(19,20)14(2)10-6-13-7-11(10)16/h3-5,10-11,13,16H,6-7H2,1-2H3/t10-,11-/m1/s1. The minimum atomic E-state index is -3.82. The molecule has 1 aromatic rings. The number of nitro benzene ring substituents is 1. The largest absolute Gasteiger partial charge is 0.390 e. The van der Waals surface area contributed by atoms with Gasteiger partial charge in [-0.2, -0.15) is 4.31 Å². The Morgan fingerprint density at radius 1 is 1.43 bits per heavy atom. The number of aliphatic hydroxyl groups excluding tert-OH is 1. The van der Waals surface area contributed by atoms with Crippen LogP contribution < -0.4 is 5.32 Å². The van der Waals surface area contributed by atoms with Gasteiger partial charge in [-0.15, -0.1) is 0 Å². The highest BCUT2D eigenvalue weighted by Gasteiger charge is 2.36. The summed E-state index contributed by atoms with van der Waals surface area (Å²) in [4.78, 5) is 10.1. The number of nitrogens with zero attached hydrogens (tertiary/aromatic N) is 2. The summed E-state index contributed by atoms with van der Waals surface area (Å²) in [5.41, 5.74) is 0.146. The molecule has 0 aliphatic carbocycles. The van der Waals surface area contributed by atoms with Gasteiger partial charge in [0.25, 0.3) is 5.69 Å². The summed E-state index contributed by atoms with van der Waals surface area (Å²) in [6.07, 6.45) is -0.775. The minimum Gasteiger partial charge on any atom is -0.390 e. The fourth-order valence-corrected chi connectivity index (χ4v) is 3.98. The van der Waals surface area contributed by atoms with Crippen LogP contribution in [0.25, 0.3) is 0 Å². The van der Waals surface area contributed by atoms with E-state index in [1.54, 1.807) is 0 Å². The Morgan fingerprint density at radius 3 is 2.57 bits per heavy atom. The summed E-state index contributed by atoms with van der Waals surface area (Å²) < 4.78 is 26.3. The van der Waals surface area contributed by atoms with Crippen LogP contribution in [0, 0.1) is 17.0 Å². The summed E-state index contributed by atoms with van der Waals surface area (Å²) in [6.45, 7) is 2.21. The van der Waals surface area contributed by atoms with Crippen LogP contribution in [0.2, 0.25) is 0 Å². The number of hydrogen-bond acceptors (Lipinski definition) is 6. The Bertz CT molecular complexity index is 661. The molecule has 1 saturated heterocycles. The molecule has 1 aromatic carbocycles. The molecular weight excluding hydrogens is 298 g/mol. The zero-order chi connectivity index (χ0) is 15.8. The lowest BCUT2D eigenvalue weighted by Gasteiger charge is -2.26. The van der Waals surface area contributed by atoms with E-state index >= 15 is 0 Å². The number of sulfonamides is 1. The normalized spacial score (nSPS) is 22.7. The van der Waals surface area contributed by atoms with Gasteiger partial charge in [0.1, 0.15) is 0 Å². The Labute approximate surface area is 122 Å². The molecule has 21 heavy (non-hydrogen) atoms. The van der Waals surface area contributed by atoms with Gasteiger partial charge in [0.15, 0.2) is 0 Å². The number of rotatable bonds is 4. The van der Waals surface area contributed by atoms with Crippen molar-refractivity contribution in [3.8, 4) is 0 Å². The molecular formula is C12H17N3O5S. The van der Waals surface area contributed by atoms with Crippen LogP contribution in [0.1, 0.15) is 5.56 Å². The fourth-order valence-electron chi connectivity index (χ4n) is 2.39. The third-order valence-electron chi connectivity index (χ3n) is 3.64. The molecule has 1 heterocycles. The van der Waals surface area contributed by atoms with Gasteiger partial charge in [-0.1, -0.05) is 0 Å². The molecule has 0 spiro atoms. The first-order valence-electron chi connectivity index (χ1n) is 6.37. The van der Waals surface area contributed by atoms with E-state index in [1.807, 2.05) is 0 Å². The van der Waals surface area contributed by atoms with Crippen molar-refractivity contribution in [1.29, 1.82) is 0 Å². The van der Waals surface area contributed by atoms with Gasteiger partial charge in [-0.3, -0.25) is 10.1 Å². The van der Waals surface area contributed by atoms with Crippen molar-refractivity contribution in [2.45, 2.75) is 24.0 Å². The number of nitrogens with one attached hydrogen (secondary N) is 1. The van der Waals surface area contributed by atoms with Crippen LogP contribution in [-0.4, -0.2) is 55.0 Å². The van der Waals surface area contributed by atoms with Crippen LogP contribution >= 0.6 is 0 Å². The van der Waals surface area contributed by atoms with Crippen molar-refractivity contribution >= 4 is 15.7 Å². The van der Waals surface area contributed by atoms with Gasteiger partial charge in [-0.25, -0.2) is 8.42 Å². The maximum atomic E-state index is 12.6. The maximum Gasteiger partial charge on any atom is 0.269 e. The second kappa shape index (κ2) is 5.68. The number of non-ortho nitro benzene ring substituents is 1. The van der Waals surface area contributed by atoms with E-state index in [-0.39, 0.29) is 10.6 Å². The van der Waals surface area contributed by atoms with Crippen LogP contribution in [0.5, 0.6) is 0 Å². The smallest absolute Gasteiger partial charge is 0.269 e. The lowest BCUT2D eigenvalue weighted by Crippen LogP contribution is -2.44. The van der Waals surface area contributed by atoms with Gasteiger partial charge in [0.2, 0.25) is 10.0 Å². The Balaban J connectivity index is 2.37. The van der Waals surface area contributed by atoms with Gasteiger partial charge in [0, 0.05) is 32.3 Å². The Morgan fingerprint density at radius 2 is 2.10 bits per heavy atom. The van der Waals surface area contributed by atoms with Crippen molar-refractivity contribution in [3.05, 3.63) is 33.9 Å². The first kappa shape index (κ1) is 15.8. The van der Waals surface area contributed by atoms with Crippen LogP contribution in [-0.2, 0) is 10.0 Å². The molecule has 0 aromatic heterocycles. The van der Waals surface area contributed by atoms with E-state index in [0.29, 0.717) is 18.7 Å². The molecule has 1 aliphatic heterocycles. The Kier molecular flexibility index (Phi) is 4.28. The van der Waals surface area contributed by atoms with Gasteiger partial charge >= 0.3 is 0 Å². The molecule has 0 unspecified atom stereocenters. The molecule has 9 heteroatoms. The molecule has 116 valence electrons. The summed E-state index contributed by atoms with van der Waals surface area (Å²) in [6, 6.07) is 3.07. The molecule has 0 radical (unpaired) electrons. The van der Waals surface area contributed by atoms with Crippen molar-refractivity contribution in [2.75, 3.05) is 20.1 Å². The van der Waals surface area contributed by atoms with E-state index in [1.165, 1.54) is 26.1 Å².